The predicted molar refractivity (Wildman–Crippen MR) is 59.0 cm³/mol. The minimum absolute atomic E-state index is 0.0427. The van der Waals surface area contributed by atoms with E-state index < -0.39 is 0 Å². The van der Waals surface area contributed by atoms with Gasteiger partial charge in [0.2, 0.25) is 5.91 Å². The second-order valence-corrected chi connectivity index (χ2v) is 4.74. The van der Waals surface area contributed by atoms with Crippen molar-refractivity contribution < 1.29 is 4.79 Å². The molecule has 1 fully saturated rings. The van der Waals surface area contributed by atoms with Crippen LogP contribution in [0.25, 0.3) is 0 Å². The molecule has 1 aliphatic rings. The van der Waals surface area contributed by atoms with E-state index in [1.807, 2.05) is 4.90 Å². The third-order valence-corrected chi connectivity index (χ3v) is 2.91. The Kier molecular flexibility index (Phi) is 4.61. The number of hydrogen-bond acceptors (Lipinski definition) is 2. The second-order valence-electron chi connectivity index (χ2n) is 4.74. The van der Waals surface area contributed by atoms with Gasteiger partial charge < -0.3 is 4.90 Å². The first kappa shape index (κ1) is 12.0. The first-order chi connectivity index (χ1) is 7.13. The van der Waals surface area contributed by atoms with Crippen molar-refractivity contribution in [3.63, 3.8) is 0 Å². The summed E-state index contributed by atoms with van der Waals surface area (Å²) < 4.78 is 0. The van der Waals surface area contributed by atoms with Crippen molar-refractivity contribution in [2.45, 2.75) is 39.5 Å². The van der Waals surface area contributed by atoms with Crippen LogP contribution in [0.1, 0.15) is 39.5 Å². The minimum atomic E-state index is -0.0427. The van der Waals surface area contributed by atoms with Crippen LogP contribution in [0.5, 0.6) is 0 Å². The van der Waals surface area contributed by atoms with Gasteiger partial charge in [-0.1, -0.05) is 13.8 Å². The Balaban J connectivity index is 2.27. The molecule has 0 aromatic heterocycles. The Morgan fingerprint density at radius 3 is 2.87 bits per heavy atom. The standard InChI is InChI=1S/C12H20N2O/c1-10(2)4-3-6-14-7-5-11(9-13)8-12(14)15/h10-11H,3-8H2,1-2H3. The lowest BCUT2D eigenvalue weighted by atomic mass is 9.97. The molecule has 1 aliphatic heterocycles. The lowest BCUT2D eigenvalue weighted by Crippen LogP contribution is -2.39. The van der Waals surface area contributed by atoms with Gasteiger partial charge in [0.15, 0.2) is 0 Å². The van der Waals surface area contributed by atoms with Crippen molar-refractivity contribution in [3.8, 4) is 6.07 Å². The molecular weight excluding hydrogens is 188 g/mol. The van der Waals surface area contributed by atoms with E-state index in [0.717, 1.165) is 25.9 Å². The molecule has 1 heterocycles. The molecule has 0 saturated carbocycles. The Morgan fingerprint density at radius 1 is 1.60 bits per heavy atom. The molecule has 3 heteroatoms. The lowest BCUT2D eigenvalue weighted by Gasteiger charge is -2.29. The second kappa shape index (κ2) is 5.75. The quantitative estimate of drug-likeness (QED) is 0.710. The van der Waals surface area contributed by atoms with Crippen LogP contribution in [0, 0.1) is 23.2 Å². The maximum Gasteiger partial charge on any atom is 0.223 e. The van der Waals surface area contributed by atoms with E-state index >= 15 is 0 Å². The molecular formula is C12H20N2O. The zero-order valence-electron chi connectivity index (χ0n) is 9.70. The van der Waals surface area contributed by atoms with E-state index in [4.69, 9.17) is 5.26 Å². The third kappa shape index (κ3) is 3.91. The van der Waals surface area contributed by atoms with Gasteiger partial charge in [-0.3, -0.25) is 4.79 Å². The van der Waals surface area contributed by atoms with Gasteiger partial charge in [0.05, 0.1) is 12.0 Å². The first-order valence-corrected chi connectivity index (χ1v) is 5.81. The minimum Gasteiger partial charge on any atom is -0.343 e. The lowest BCUT2D eigenvalue weighted by molar-refractivity contribution is -0.134. The predicted octanol–water partition coefficient (Wildman–Crippen LogP) is 2.18. The van der Waals surface area contributed by atoms with Crippen LogP contribution in [0.15, 0.2) is 0 Å². The van der Waals surface area contributed by atoms with E-state index in [1.165, 1.54) is 6.42 Å². The molecule has 0 radical (unpaired) electrons. The Labute approximate surface area is 92.1 Å². The molecule has 84 valence electrons. The van der Waals surface area contributed by atoms with Crippen molar-refractivity contribution in [2.75, 3.05) is 13.1 Å². The zero-order chi connectivity index (χ0) is 11.3. The molecule has 3 nitrogen and oxygen atoms in total. The van der Waals surface area contributed by atoms with Crippen LogP contribution < -0.4 is 0 Å². The molecule has 0 aromatic carbocycles. The number of carbonyl (C=O) groups is 1. The van der Waals surface area contributed by atoms with E-state index in [-0.39, 0.29) is 11.8 Å². The fourth-order valence-electron chi connectivity index (χ4n) is 1.92. The molecule has 1 amide bonds. The zero-order valence-corrected chi connectivity index (χ0v) is 9.70. The van der Waals surface area contributed by atoms with Gasteiger partial charge in [-0.05, 0) is 25.2 Å². The van der Waals surface area contributed by atoms with Gasteiger partial charge in [-0.25, -0.2) is 0 Å². The van der Waals surface area contributed by atoms with Crippen molar-refractivity contribution >= 4 is 5.91 Å². The highest BCUT2D eigenvalue weighted by Crippen LogP contribution is 2.18. The van der Waals surface area contributed by atoms with Crippen LogP contribution in [-0.4, -0.2) is 23.9 Å². The first-order valence-electron chi connectivity index (χ1n) is 5.81. The average molecular weight is 208 g/mol. The van der Waals surface area contributed by atoms with Gasteiger partial charge in [0, 0.05) is 19.5 Å². The maximum absolute atomic E-state index is 11.6. The summed E-state index contributed by atoms with van der Waals surface area (Å²) in [7, 11) is 0. The Morgan fingerprint density at radius 2 is 2.33 bits per heavy atom. The number of nitrogens with zero attached hydrogens (tertiary/aromatic N) is 2. The third-order valence-electron chi connectivity index (χ3n) is 2.91. The number of likely N-dealkylation sites (tertiary alicyclic amines) is 1. The molecule has 0 N–H and O–H groups in total. The molecule has 15 heavy (non-hydrogen) atoms. The topological polar surface area (TPSA) is 44.1 Å². The Bertz CT molecular complexity index is 255. The van der Waals surface area contributed by atoms with E-state index in [1.54, 1.807) is 0 Å². The summed E-state index contributed by atoms with van der Waals surface area (Å²) in [4.78, 5) is 13.5. The fraction of sp³-hybridized carbons (Fsp3) is 0.833. The van der Waals surface area contributed by atoms with Crippen molar-refractivity contribution in [1.82, 2.24) is 4.90 Å². The molecule has 0 aliphatic carbocycles. The summed E-state index contributed by atoms with van der Waals surface area (Å²) in [6.07, 6.45) is 3.54. The maximum atomic E-state index is 11.6. The summed E-state index contributed by atoms with van der Waals surface area (Å²) in [5.41, 5.74) is 0. The summed E-state index contributed by atoms with van der Waals surface area (Å²) in [6, 6.07) is 2.18. The SMILES string of the molecule is CC(C)CCCN1CCC(C#N)CC1=O. The highest BCUT2D eigenvalue weighted by atomic mass is 16.2. The van der Waals surface area contributed by atoms with Crippen molar-refractivity contribution in [3.05, 3.63) is 0 Å². The molecule has 1 atom stereocenters. The summed E-state index contributed by atoms with van der Waals surface area (Å²) in [5.74, 6) is 0.826. The normalized spacial score (nSPS) is 21.9. The van der Waals surface area contributed by atoms with Gasteiger partial charge in [-0.2, -0.15) is 5.26 Å². The largest absolute Gasteiger partial charge is 0.343 e. The van der Waals surface area contributed by atoms with Gasteiger partial charge in [0.1, 0.15) is 0 Å². The number of carbonyl (C=O) groups excluding carboxylic acids is 1. The van der Waals surface area contributed by atoms with Gasteiger partial charge in [-0.15, -0.1) is 0 Å². The number of piperidine rings is 1. The van der Waals surface area contributed by atoms with Crippen molar-refractivity contribution in [1.29, 1.82) is 5.26 Å². The number of nitriles is 1. The van der Waals surface area contributed by atoms with Gasteiger partial charge >= 0.3 is 0 Å². The molecule has 1 unspecified atom stereocenters. The molecule has 0 aromatic rings. The smallest absolute Gasteiger partial charge is 0.223 e. The summed E-state index contributed by atoms with van der Waals surface area (Å²) >= 11 is 0. The average Bonchev–Trinajstić information content (AvgIpc) is 2.20. The Hall–Kier alpha value is -1.04. The van der Waals surface area contributed by atoms with Crippen LogP contribution in [0.3, 0.4) is 0 Å². The molecule has 0 bridgehead atoms. The number of amides is 1. The van der Waals surface area contributed by atoms with E-state index in [0.29, 0.717) is 12.3 Å². The number of hydrogen-bond donors (Lipinski definition) is 0. The molecule has 1 rings (SSSR count). The van der Waals surface area contributed by atoms with Crippen molar-refractivity contribution in [2.24, 2.45) is 11.8 Å². The summed E-state index contributed by atoms with van der Waals surface area (Å²) in [6.45, 7) is 6.04. The number of rotatable bonds is 4. The van der Waals surface area contributed by atoms with Gasteiger partial charge in [0.25, 0.3) is 0 Å². The van der Waals surface area contributed by atoms with Crippen LogP contribution in [0.4, 0.5) is 0 Å². The van der Waals surface area contributed by atoms with Crippen LogP contribution in [-0.2, 0) is 4.79 Å². The van der Waals surface area contributed by atoms with E-state index in [9.17, 15) is 4.79 Å². The molecule has 0 spiro atoms. The van der Waals surface area contributed by atoms with Crippen LogP contribution >= 0.6 is 0 Å². The monoisotopic (exact) mass is 208 g/mol. The highest BCUT2D eigenvalue weighted by Gasteiger charge is 2.24. The van der Waals surface area contributed by atoms with E-state index in [2.05, 4.69) is 19.9 Å². The summed E-state index contributed by atoms with van der Waals surface area (Å²) in [5, 5.41) is 8.72. The molecule has 1 saturated heterocycles. The highest BCUT2D eigenvalue weighted by molar-refractivity contribution is 5.77. The fourth-order valence-corrected chi connectivity index (χ4v) is 1.92. The van der Waals surface area contributed by atoms with Crippen LogP contribution in [0.2, 0.25) is 0 Å².